The molecule has 20 heavy (non-hydrogen) atoms. The molecule has 0 radical (unpaired) electrons. The highest BCUT2D eigenvalue weighted by molar-refractivity contribution is 7.89. The van der Waals surface area contributed by atoms with Crippen LogP contribution in [0.2, 0.25) is 0 Å². The molecule has 0 aliphatic carbocycles. The van der Waals surface area contributed by atoms with Crippen LogP contribution in [-0.2, 0) is 23.6 Å². The van der Waals surface area contributed by atoms with E-state index in [9.17, 15) is 12.8 Å². The van der Waals surface area contributed by atoms with Gasteiger partial charge < -0.3 is 0 Å². The molecule has 0 spiro atoms. The summed E-state index contributed by atoms with van der Waals surface area (Å²) in [6, 6.07) is 6.06. The maximum absolute atomic E-state index is 13.5. The van der Waals surface area contributed by atoms with Gasteiger partial charge in [-0.15, -0.1) is 0 Å². The van der Waals surface area contributed by atoms with Crippen LogP contribution in [0.3, 0.4) is 0 Å². The van der Waals surface area contributed by atoms with Gasteiger partial charge in [0.2, 0.25) is 10.0 Å². The third-order valence-electron chi connectivity index (χ3n) is 3.12. The van der Waals surface area contributed by atoms with E-state index in [1.165, 1.54) is 10.7 Å². The lowest BCUT2D eigenvalue weighted by Gasteiger charge is -2.08. The predicted molar refractivity (Wildman–Crippen MR) is 73.1 cm³/mol. The summed E-state index contributed by atoms with van der Waals surface area (Å²) in [6.07, 6.45) is 0. The fourth-order valence-corrected chi connectivity index (χ4v) is 3.47. The summed E-state index contributed by atoms with van der Waals surface area (Å²) in [4.78, 5) is 0.149. The first kappa shape index (κ1) is 14.7. The monoisotopic (exact) mass is 297 g/mol. The second-order valence-corrected chi connectivity index (χ2v) is 6.24. The van der Waals surface area contributed by atoms with E-state index < -0.39 is 15.8 Å². The molecule has 2 rings (SSSR count). The number of nitrogens with one attached hydrogen (secondary N) is 1. The second kappa shape index (κ2) is 5.34. The normalized spacial score (nSPS) is 11.8. The molecule has 0 saturated heterocycles. The molecular weight excluding hydrogens is 281 g/mol. The number of hydrogen-bond donors (Lipinski definition) is 1. The Morgan fingerprint density at radius 3 is 2.50 bits per heavy atom. The molecule has 1 aromatic heterocycles. The minimum Gasteiger partial charge on any atom is -0.271 e. The van der Waals surface area contributed by atoms with Gasteiger partial charge in [0.05, 0.1) is 11.4 Å². The molecule has 0 saturated carbocycles. The Hall–Kier alpha value is -1.73. The fourth-order valence-electron chi connectivity index (χ4n) is 2.03. The first-order valence-corrected chi connectivity index (χ1v) is 7.54. The van der Waals surface area contributed by atoms with Gasteiger partial charge in [-0.2, -0.15) is 5.10 Å². The van der Waals surface area contributed by atoms with Crippen molar-refractivity contribution in [2.24, 2.45) is 7.05 Å². The summed E-state index contributed by atoms with van der Waals surface area (Å²) < 4.78 is 42.0. The van der Waals surface area contributed by atoms with E-state index in [2.05, 4.69) is 9.82 Å². The van der Waals surface area contributed by atoms with Crippen LogP contribution in [0, 0.1) is 19.7 Å². The Labute approximate surface area is 117 Å². The Kier molecular flexibility index (Phi) is 3.92. The zero-order valence-electron chi connectivity index (χ0n) is 11.5. The van der Waals surface area contributed by atoms with Gasteiger partial charge in [-0.25, -0.2) is 17.5 Å². The van der Waals surface area contributed by atoms with Gasteiger partial charge in [-0.1, -0.05) is 18.2 Å². The van der Waals surface area contributed by atoms with Crippen molar-refractivity contribution in [1.29, 1.82) is 0 Å². The number of aryl methyl sites for hydroxylation is 2. The van der Waals surface area contributed by atoms with Gasteiger partial charge >= 0.3 is 0 Å². The largest absolute Gasteiger partial charge is 0.271 e. The standard InChI is InChI=1S/C13H16FN3O2S/c1-9-13(10(2)17(3)16-9)20(18,19)15-8-11-6-4-5-7-12(11)14/h4-7,15H,8H2,1-3H3. The quantitative estimate of drug-likeness (QED) is 0.933. The maximum atomic E-state index is 13.5. The summed E-state index contributed by atoms with van der Waals surface area (Å²) in [6.45, 7) is 3.21. The van der Waals surface area contributed by atoms with Crippen molar-refractivity contribution in [1.82, 2.24) is 14.5 Å². The predicted octanol–water partition coefficient (Wildman–Crippen LogP) is 1.65. The van der Waals surface area contributed by atoms with Crippen LogP contribution >= 0.6 is 0 Å². The summed E-state index contributed by atoms with van der Waals surface area (Å²) >= 11 is 0. The molecule has 0 unspecified atom stereocenters. The average molecular weight is 297 g/mol. The number of hydrogen-bond acceptors (Lipinski definition) is 3. The van der Waals surface area contributed by atoms with Crippen molar-refractivity contribution in [2.75, 3.05) is 0 Å². The Morgan fingerprint density at radius 1 is 1.30 bits per heavy atom. The second-order valence-electron chi connectivity index (χ2n) is 4.54. The van der Waals surface area contributed by atoms with Gasteiger partial charge in [-0.3, -0.25) is 4.68 Å². The Balaban J connectivity index is 2.27. The van der Waals surface area contributed by atoms with Gasteiger partial charge in [0.1, 0.15) is 10.7 Å². The third-order valence-corrected chi connectivity index (χ3v) is 4.77. The van der Waals surface area contributed by atoms with Crippen LogP contribution in [0.4, 0.5) is 4.39 Å². The third kappa shape index (κ3) is 2.73. The summed E-state index contributed by atoms with van der Waals surface area (Å²) in [7, 11) is -2.04. The lowest BCUT2D eigenvalue weighted by Crippen LogP contribution is -2.24. The average Bonchev–Trinajstić information content (AvgIpc) is 2.62. The molecule has 108 valence electrons. The van der Waals surface area contributed by atoms with Gasteiger partial charge in [-0.05, 0) is 19.9 Å². The molecule has 0 aliphatic rings. The van der Waals surface area contributed by atoms with E-state index in [4.69, 9.17) is 0 Å². The number of sulfonamides is 1. The highest BCUT2D eigenvalue weighted by Gasteiger charge is 2.23. The molecular formula is C13H16FN3O2S. The van der Waals surface area contributed by atoms with Crippen molar-refractivity contribution in [2.45, 2.75) is 25.3 Å². The number of benzene rings is 1. The summed E-state index contributed by atoms with van der Waals surface area (Å²) in [5, 5.41) is 4.07. The molecule has 1 heterocycles. The van der Waals surface area contributed by atoms with E-state index in [1.54, 1.807) is 39.1 Å². The molecule has 0 atom stereocenters. The van der Waals surface area contributed by atoms with Crippen molar-refractivity contribution < 1.29 is 12.8 Å². The molecule has 2 aromatic rings. The van der Waals surface area contributed by atoms with Crippen LogP contribution < -0.4 is 4.72 Å². The molecule has 0 aliphatic heterocycles. The minimum atomic E-state index is -3.72. The molecule has 1 aromatic carbocycles. The van der Waals surface area contributed by atoms with E-state index in [1.807, 2.05) is 0 Å². The molecule has 5 nitrogen and oxygen atoms in total. The molecule has 0 bridgehead atoms. The molecule has 0 amide bonds. The zero-order valence-corrected chi connectivity index (χ0v) is 12.3. The minimum absolute atomic E-state index is 0.0945. The van der Waals surface area contributed by atoms with E-state index in [-0.39, 0.29) is 11.4 Å². The van der Waals surface area contributed by atoms with Crippen molar-refractivity contribution in [3.05, 3.63) is 47.0 Å². The number of rotatable bonds is 4. The number of aromatic nitrogens is 2. The smallest absolute Gasteiger partial charge is 0.244 e. The zero-order chi connectivity index (χ0) is 14.9. The van der Waals surface area contributed by atoms with Gasteiger partial charge in [0, 0.05) is 19.2 Å². The highest BCUT2D eigenvalue weighted by atomic mass is 32.2. The maximum Gasteiger partial charge on any atom is 0.244 e. The van der Waals surface area contributed by atoms with Crippen LogP contribution in [0.25, 0.3) is 0 Å². The van der Waals surface area contributed by atoms with Crippen LogP contribution in [0.5, 0.6) is 0 Å². The fraction of sp³-hybridized carbons (Fsp3) is 0.308. The van der Waals surface area contributed by atoms with E-state index in [0.29, 0.717) is 17.0 Å². The SMILES string of the molecule is Cc1nn(C)c(C)c1S(=O)(=O)NCc1ccccc1F. The van der Waals surface area contributed by atoms with Crippen LogP contribution in [-0.4, -0.2) is 18.2 Å². The number of nitrogens with zero attached hydrogens (tertiary/aromatic N) is 2. The lowest BCUT2D eigenvalue weighted by atomic mass is 10.2. The topological polar surface area (TPSA) is 64.0 Å². The summed E-state index contributed by atoms with van der Waals surface area (Å²) in [5.41, 5.74) is 1.27. The van der Waals surface area contributed by atoms with Crippen LogP contribution in [0.15, 0.2) is 29.2 Å². The summed E-state index contributed by atoms with van der Waals surface area (Å²) in [5.74, 6) is -0.435. The van der Waals surface area contributed by atoms with Crippen molar-refractivity contribution >= 4 is 10.0 Å². The number of halogens is 1. The highest BCUT2D eigenvalue weighted by Crippen LogP contribution is 2.18. The van der Waals surface area contributed by atoms with Gasteiger partial charge in [0.15, 0.2) is 0 Å². The van der Waals surface area contributed by atoms with Crippen LogP contribution in [0.1, 0.15) is 17.0 Å². The first-order valence-electron chi connectivity index (χ1n) is 6.06. The van der Waals surface area contributed by atoms with E-state index in [0.717, 1.165) is 0 Å². The van der Waals surface area contributed by atoms with E-state index >= 15 is 0 Å². The van der Waals surface area contributed by atoms with Gasteiger partial charge in [0.25, 0.3) is 0 Å². The van der Waals surface area contributed by atoms with Crippen molar-refractivity contribution in [3.8, 4) is 0 Å². The molecule has 0 fully saturated rings. The Bertz CT molecular complexity index is 738. The molecule has 7 heteroatoms. The first-order chi connectivity index (χ1) is 9.33. The molecule has 1 N–H and O–H groups in total. The van der Waals surface area contributed by atoms with Crippen molar-refractivity contribution in [3.63, 3.8) is 0 Å². The Morgan fingerprint density at radius 2 is 1.95 bits per heavy atom. The lowest BCUT2D eigenvalue weighted by molar-refractivity contribution is 0.573.